The minimum Gasteiger partial charge on any atom is -0.467 e. The number of furan rings is 1. The van der Waals surface area contributed by atoms with Crippen molar-refractivity contribution in [3.63, 3.8) is 0 Å². The number of aryl methyl sites for hydroxylation is 1. The van der Waals surface area contributed by atoms with E-state index in [0.29, 0.717) is 18.8 Å². The third-order valence-electron chi connectivity index (χ3n) is 3.28. The van der Waals surface area contributed by atoms with E-state index < -0.39 is 0 Å². The lowest BCUT2D eigenvalue weighted by atomic mass is 10.1. The van der Waals surface area contributed by atoms with E-state index in [1.165, 1.54) is 11.8 Å². The van der Waals surface area contributed by atoms with Gasteiger partial charge in [-0.2, -0.15) is 0 Å². The van der Waals surface area contributed by atoms with Crippen molar-refractivity contribution in [2.45, 2.75) is 26.9 Å². The van der Waals surface area contributed by atoms with E-state index in [2.05, 4.69) is 5.32 Å². The minimum atomic E-state index is -0.191. The summed E-state index contributed by atoms with van der Waals surface area (Å²) in [5, 5.41) is 2.83. The van der Waals surface area contributed by atoms with Gasteiger partial charge in [0, 0.05) is 13.5 Å². The molecule has 1 aromatic carbocycles. The van der Waals surface area contributed by atoms with E-state index in [1.54, 1.807) is 18.4 Å². The van der Waals surface area contributed by atoms with Crippen LogP contribution in [0.2, 0.25) is 0 Å². The normalized spacial score (nSPS) is 10.3. The molecular weight excluding hydrogens is 280 g/mol. The Balaban J connectivity index is 1.87. The van der Waals surface area contributed by atoms with Gasteiger partial charge < -0.3 is 14.6 Å². The maximum Gasteiger partial charge on any atom is 0.239 e. The minimum absolute atomic E-state index is 0.0157. The molecule has 22 heavy (non-hydrogen) atoms. The van der Waals surface area contributed by atoms with Crippen molar-refractivity contribution in [3.05, 3.63) is 59.5 Å². The first-order valence-electron chi connectivity index (χ1n) is 7.15. The van der Waals surface area contributed by atoms with Crippen molar-refractivity contribution in [2.75, 3.05) is 6.54 Å². The first-order chi connectivity index (χ1) is 10.5. The molecule has 0 radical (unpaired) electrons. The maximum absolute atomic E-state index is 12.0. The molecule has 5 heteroatoms. The molecule has 1 N–H and O–H groups in total. The van der Waals surface area contributed by atoms with Gasteiger partial charge in [-0.25, -0.2) is 0 Å². The van der Waals surface area contributed by atoms with E-state index in [1.807, 2.05) is 31.2 Å². The zero-order valence-corrected chi connectivity index (χ0v) is 12.8. The third-order valence-corrected chi connectivity index (χ3v) is 3.28. The number of nitrogens with zero attached hydrogens (tertiary/aromatic N) is 1. The molecule has 0 fully saturated rings. The highest BCUT2D eigenvalue weighted by Crippen LogP contribution is 2.06. The largest absolute Gasteiger partial charge is 0.467 e. The van der Waals surface area contributed by atoms with Gasteiger partial charge in [0.25, 0.3) is 0 Å². The van der Waals surface area contributed by atoms with Crippen LogP contribution in [-0.4, -0.2) is 23.3 Å². The Bertz CT molecular complexity index is 635. The predicted octanol–water partition coefficient (Wildman–Crippen LogP) is 2.25. The van der Waals surface area contributed by atoms with Crippen LogP contribution in [-0.2, 0) is 22.7 Å². The van der Waals surface area contributed by atoms with Gasteiger partial charge in [-0.3, -0.25) is 9.59 Å². The maximum atomic E-state index is 12.0. The quantitative estimate of drug-likeness (QED) is 0.890. The molecule has 1 aromatic heterocycles. The molecule has 1 heterocycles. The molecule has 116 valence electrons. The molecule has 2 amide bonds. The standard InChI is InChI=1S/C17H20N2O3/c1-13-5-3-6-15(9-13)10-18-17(21)12-19(14(2)20)11-16-7-4-8-22-16/h3-9H,10-12H2,1-2H3,(H,18,21). The number of hydrogen-bond acceptors (Lipinski definition) is 3. The van der Waals surface area contributed by atoms with Crippen LogP contribution in [0, 0.1) is 6.92 Å². The average molecular weight is 300 g/mol. The van der Waals surface area contributed by atoms with Gasteiger partial charge in [0.1, 0.15) is 5.76 Å². The van der Waals surface area contributed by atoms with Crippen LogP contribution < -0.4 is 5.32 Å². The van der Waals surface area contributed by atoms with Crippen molar-refractivity contribution < 1.29 is 14.0 Å². The van der Waals surface area contributed by atoms with E-state index in [0.717, 1.165) is 11.1 Å². The van der Waals surface area contributed by atoms with Crippen molar-refractivity contribution in [3.8, 4) is 0 Å². The van der Waals surface area contributed by atoms with E-state index in [-0.39, 0.29) is 18.4 Å². The Labute approximate surface area is 129 Å². The number of hydrogen-bond donors (Lipinski definition) is 1. The van der Waals surface area contributed by atoms with E-state index in [4.69, 9.17) is 4.42 Å². The molecule has 2 rings (SSSR count). The summed E-state index contributed by atoms with van der Waals surface area (Å²) in [5.41, 5.74) is 2.18. The number of carbonyl (C=O) groups excluding carboxylic acids is 2. The van der Waals surface area contributed by atoms with Crippen LogP contribution in [0.4, 0.5) is 0 Å². The first-order valence-corrected chi connectivity index (χ1v) is 7.15. The zero-order valence-electron chi connectivity index (χ0n) is 12.8. The molecule has 0 aliphatic carbocycles. The van der Waals surface area contributed by atoms with Gasteiger partial charge in [0.15, 0.2) is 0 Å². The molecule has 2 aromatic rings. The number of carbonyl (C=O) groups is 2. The Hall–Kier alpha value is -2.56. The molecule has 0 bridgehead atoms. The monoisotopic (exact) mass is 300 g/mol. The fourth-order valence-electron chi connectivity index (χ4n) is 2.12. The van der Waals surface area contributed by atoms with Gasteiger partial charge in [0.2, 0.25) is 11.8 Å². The lowest BCUT2D eigenvalue weighted by molar-refractivity contribution is -0.135. The molecular formula is C17H20N2O3. The van der Waals surface area contributed by atoms with Crippen molar-refractivity contribution in [2.24, 2.45) is 0 Å². The summed E-state index contributed by atoms with van der Waals surface area (Å²) in [6.45, 7) is 4.21. The van der Waals surface area contributed by atoms with E-state index in [9.17, 15) is 9.59 Å². The van der Waals surface area contributed by atoms with Gasteiger partial charge in [-0.15, -0.1) is 0 Å². The summed E-state index contributed by atoms with van der Waals surface area (Å²) in [6.07, 6.45) is 1.55. The SMILES string of the molecule is CC(=O)N(CC(=O)NCc1cccc(C)c1)Cc1ccco1. The highest BCUT2D eigenvalue weighted by molar-refractivity contribution is 5.83. The molecule has 0 aliphatic rings. The number of nitrogens with one attached hydrogen (secondary N) is 1. The summed E-state index contributed by atoms with van der Waals surface area (Å²) in [6, 6.07) is 11.5. The second-order valence-electron chi connectivity index (χ2n) is 5.22. The molecule has 0 atom stereocenters. The fraction of sp³-hybridized carbons (Fsp3) is 0.294. The smallest absolute Gasteiger partial charge is 0.239 e. The van der Waals surface area contributed by atoms with Crippen LogP contribution >= 0.6 is 0 Å². The summed E-state index contributed by atoms with van der Waals surface area (Å²) in [5.74, 6) is 0.298. The van der Waals surface area contributed by atoms with E-state index >= 15 is 0 Å². The first kappa shape index (κ1) is 15.8. The zero-order chi connectivity index (χ0) is 15.9. The Kier molecular flexibility index (Phi) is 5.36. The van der Waals surface area contributed by atoms with Crippen LogP contribution in [0.3, 0.4) is 0 Å². The predicted molar refractivity (Wildman–Crippen MR) is 82.8 cm³/mol. The summed E-state index contributed by atoms with van der Waals surface area (Å²) < 4.78 is 5.21. The van der Waals surface area contributed by atoms with Crippen molar-refractivity contribution in [1.82, 2.24) is 10.2 Å². The van der Waals surface area contributed by atoms with Gasteiger partial charge in [-0.05, 0) is 24.6 Å². The number of amides is 2. The third kappa shape index (κ3) is 4.77. The summed E-state index contributed by atoms with van der Waals surface area (Å²) in [4.78, 5) is 25.1. The van der Waals surface area contributed by atoms with Crippen molar-refractivity contribution >= 4 is 11.8 Å². The van der Waals surface area contributed by atoms with Crippen molar-refractivity contribution in [1.29, 1.82) is 0 Å². The highest BCUT2D eigenvalue weighted by Gasteiger charge is 2.15. The van der Waals surface area contributed by atoms with Crippen LogP contribution in [0.15, 0.2) is 47.1 Å². The molecule has 0 saturated heterocycles. The van der Waals surface area contributed by atoms with Crippen LogP contribution in [0.5, 0.6) is 0 Å². The molecule has 0 spiro atoms. The van der Waals surface area contributed by atoms with Gasteiger partial charge in [-0.1, -0.05) is 29.8 Å². The van der Waals surface area contributed by atoms with Crippen LogP contribution in [0.25, 0.3) is 0 Å². The fourth-order valence-corrected chi connectivity index (χ4v) is 2.12. The average Bonchev–Trinajstić information content (AvgIpc) is 2.97. The molecule has 0 saturated carbocycles. The Morgan fingerprint density at radius 2 is 2.05 bits per heavy atom. The second kappa shape index (κ2) is 7.45. The molecule has 0 aliphatic heterocycles. The molecule has 0 unspecified atom stereocenters. The lowest BCUT2D eigenvalue weighted by Crippen LogP contribution is -2.39. The second-order valence-corrected chi connectivity index (χ2v) is 5.22. The highest BCUT2D eigenvalue weighted by atomic mass is 16.3. The summed E-state index contributed by atoms with van der Waals surface area (Å²) in [7, 11) is 0. The molecule has 5 nitrogen and oxygen atoms in total. The Morgan fingerprint density at radius 1 is 1.23 bits per heavy atom. The lowest BCUT2D eigenvalue weighted by Gasteiger charge is -2.19. The van der Waals surface area contributed by atoms with Gasteiger partial charge >= 0.3 is 0 Å². The Morgan fingerprint density at radius 3 is 2.68 bits per heavy atom. The topological polar surface area (TPSA) is 62.6 Å². The summed E-state index contributed by atoms with van der Waals surface area (Å²) >= 11 is 0. The van der Waals surface area contributed by atoms with Gasteiger partial charge in [0.05, 0.1) is 19.4 Å². The number of rotatable bonds is 6. The number of benzene rings is 1. The van der Waals surface area contributed by atoms with Crippen LogP contribution in [0.1, 0.15) is 23.8 Å².